The molecule has 0 bridgehead atoms. The van der Waals surface area contributed by atoms with E-state index in [1.54, 1.807) is 7.05 Å². The van der Waals surface area contributed by atoms with Crippen molar-refractivity contribution in [2.75, 3.05) is 11.9 Å². The summed E-state index contributed by atoms with van der Waals surface area (Å²) < 4.78 is 39.0. The minimum atomic E-state index is -4.52. The van der Waals surface area contributed by atoms with Gasteiger partial charge in [0.25, 0.3) is 5.69 Å². The van der Waals surface area contributed by atoms with Crippen molar-refractivity contribution in [1.82, 2.24) is 9.78 Å². The van der Waals surface area contributed by atoms with E-state index in [9.17, 15) is 23.3 Å². The van der Waals surface area contributed by atoms with Crippen LogP contribution in [0.3, 0.4) is 0 Å². The molecule has 21 heavy (non-hydrogen) atoms. The van der Waals surface area contributed by atoms with Gasteiger partial charge >= 0.3 is 6.18 Å². The second-order valence-electron chi connectivity index (χ2n) is 4.34. The fourth-order valence-electron chi connectivity index (χ4n) is 1.84. The number of nitro groups is 1. The number of rotatable bonds is 3. The number of hydrogen-bond donors (Lipinski definition) is 0. The number of benzene rings is 1. The number of anilines is 2. The molecule has 0 saturated carbocycles. The highest BCUT2D eigenvalue weighted by atomic mass is 19.4. The second kappa shape index (κ2) is 5.08. The van der Waals surface area contributed by atoms with Crippen molar-refractivity contribution in [3.63, 3.8) is 0 Å². The number of aryl methyl sites for hydroxylation is 1. The Balaban J connectivity index is 2.33. The average molecular weight is 300 g/mol. The van der Waals surface area contributed by atoms with E-state index in [4.69, 9.17) is 0 Å². The van der Waals surface area contributed by atoms with Crippen LogP contribution in [0.15, 0.2) is 30.3 Å². The van der Waals surface area contributed by atoms with Gasteiger partial charge in [0.2, 0.25) is 0 Å². The van der Waals surface area contributed by atoms with Crippen LogP contribution < -0.4 is 4.90 Å². The molecule has 0 aliphatic rings. The van der Waals surface area contributed by atoms with Crippen LogP contribution in [0.25, 0.3) is 0 Å². The fourth-order valence-corrected chi connectivity index (χ4v) is 1.84. The standard InChI is InChI=1S/C12H11F3N4O2/c1-17(8-3-5-9(6-4-8)19(20)21)11-7-10(12(13,14)15)16-18(11)2/h3-7H,1-2H3. The summed E-state index contributed by atoms with van der Waals surface area (Å²) in [6.07, 6.45) is -4.52. The Bertz CT molecular complexity index is 664. The molecule has 0 fully saturated rings. The highest BCUT2D eigenvalue weighted by Crippen LogP contribution is 2.32. The summed E-state index contributed by atoms with van der Waals surface area (Å²) in [5.41, 5.74) is -0.570. The first-order chi connectivity index (χ1) is 9.70. The quantitative estimate of drug-likeness (QED) is 0.645. The molecule has 1 aromatic carbocycles. The van der Waals surface area contributed by atoms with Crippen LogP contribution in [0.4, 0.5) is 30.4 Å². The van der Waals surface area contributed by atoms with Gasteiger partial charge in [0.05, 0.1) is 4.92 Å². The van der Waals surface area contributed by atoms with Crippen molar-refractivity contribution in [3.8, 4) is 0 Å². The minimum absolute atomic E-state index is 0.0897. The van der Waals surface area contributed by atoms with Gasteiger partial charge in [0.1, 0.15) is 5.82 Å². The van der Waals surface area contributed by atoms with E-state index >= 15 is 0 Å². The van der Waals surface area contributed by atoms with E-state index < -0.39 is 16.8 Å². The third-order valence-corrected chi connectivity index (χ3v) is 2.94. The first-order valence-electron chi connectivity index (χ1n) is 5.79. The smallest absolute Gasteiger partial charge is 0.330 e. The topological polar surface area (TPSA) is 64.2 Å². The molecule has 2 rings (SSSR count). The Morgan fingerprint density at radius 2 is 1.86 bits per heavy atom. The number of hydrogen-bond acceptors (Lipinski definition) is 4. The lowest BCUT2D eigenvalue weighted by molar-refractivity contribution is -0.384. The SMILES string of the molecule is CN(c1ccc([N+](=O)[O-])cc1)c1cc(C(F)(F)F)nn1C. The van der Waals surface area contributed by atoms with Crippen molar-refractivity contribution in [3.05, 3.63) is 46.1 Å². The van der Waals surface area contributed by atoms with Gasteiger partial charge in [0.15, 0.2) is 5.69 Å². The van der Waals surface area contributed by atoms with Crippen LogP contribution in [0.2, 0.25) is 0 Å². The van der Waals surface area contributed by atoms with Crippen molar-refractivity contribution < 1.29 is 18.1 Å². The molecule has 0 amide bonds. The Morgan fingerprint density at radius 1 is 1.29 bits per heavy atom. The van der Waals surface area contributed by atoms with Crippen molar-refractivity contribution in [2.24, 2.45) is 7.05 Å². The summed E-state index contributed by atoms with van der Waals surface area (Å²) in [5.74, 6) is 0.219. The third-order valence-electron chi connectivity index (χ3n) is 2.94. The minimum Gasteiger partial charge on any atom is -0.330 e. The van der Waals surface area contributed by atoms with Gasteiger partial charge in [-0.2, -0.15) is 18.3 Å². The molecule has 2 aromatic rings. The number of halogens is 3. The summed E-state index contributed by atoms with van der Waals surface area (Å²) in [6.45, 7) is 0. The largest absolute Gasteiger partial charge is 0.435 e. The van der Waals surface area contributed by atoms with Gasteiger partial charge in [-0.05, 0) is 12.1 Å². The number of non-ortho nitro benzene ring substituents is 1. The molecule has 0 aliphatic carbocycles. The normalized spacial score (nSPS) is 11.5. The lowest BCUT2D eigenvalue weighted by atomic mass is 10.2. The van der Waals surface area contributed by atoms with Gasteiger partial charge in [0, 0.05) is 38.0 Å². The Labute approximate surface area is 117 Å². The predicted octanol–water partition coefficient (Wildman–Crippen LogP) is 3.12. The molecule has 0 radical (unpaired) electrons. The molecule has 0 N–H and O–H groups in total. The molecule has 1 aromatic heterocycles. The Kier molecular flexibility index (Phi) is 3.58. The van der Waals surface area contributed by atoms with Crippen molar-refractivity contribution in [2.45, 2.75) is 6.18 Å². The van der Waals surface area contributed by atoms with Crippen LogP contribution in [-0.4, -0.2) is 21.8 Å². The zero-order valence-corrected chi connectivity index (χ0v) is 11.1. The molecule has 1 heterocycles. The van der Waals surface area contributed by atoms with E-state index in [2.05, 4.69) is 5.10 Å². The number of nitro benzene ring substituents is 1. The first-order valence-corrected chi connectivity index (χ1v) is 5.79. The Morgan fingerprint density at radius 3 is 2.29 bits per heavy atom. The Hall–Kier alpha value is -2.58. The fraction of sp³-hybridized carbons (Fsp3) is 0.250. The maximum Gasteiger partial charge on any atom is 0.435 e. The predicted molar refractivity (Wildman–Crippen MR) is 69.4 cm³/mol. The average Bonchev–Trinajstić information content (AvgIpc) is 2.80. The molecular weight excluding hydrogens is 289 g/mol. The lowest BCUT2D eigenvalue weighted by Gasteiger charge is -2.18. The van der Waals surface area contributed by atoms with Gasteiger partial charge in [-0.3, -0.25) is 14.8 Å². The van der Waals surface area contributed by atoms with Crippen LogP contribution >= 0.6 is 0 Å². The highest BCUT2D eigenvalue weighted by molar-refractivity contribution is 5.61. The summed E-state index contributed by atoms with van der Waals surface area (Å²) in [7, 11) is 2.95. The second-order valence-corrected chi connectivity index (χ2v) is 4.34. The lowest BCUT2D eigenvalue weighted by Crippen LogP contribution is -2.13. The summed E-state index contributed by atoms with van der Waals surface area (Å²) in [4.78, 5) is 11.5. The zero-order valence-electron chi connectivity index (χ0n) is 11.1. The van der Waals surface area contributed by atoms with Crippen LogP contribution in [-0.2, 0) is 13.2 Å². The van der Waals surface area contributed by atoms with E-state index in [-0.39, 0.29) is 11.5 Å². The number of nitrogens with zero attached hydrogens (tertiary/aromatic N) is 4. The van der Waals surface area contributed by atoms with E-state index in [1.165, 1.54) is 36.2 Å². The molecule has 9 heteroatoms. The molecule has 112 valence electrons. The van der Waals surface area contributed by atoms with E-state index in [0.717, 1.165) is 10.7 Å². The summed E-state index contributed by atoms with van der Waals surface area (Å²) >= 11 is 0. The maximum absolute atomic E-state index is 12.6. The number of alkyl halides is 3. The van der Waals surface area contributed by atoms with Gasteiger partial charge in [-0.25, -0.2) is 0 Å². The third kappa shape index (κ3) is 2.96. The van der Waals surface area contributed by atoms with E-state index in [1.807, 2.05) is 0 Å². The molecule has 6 nitrogen and oxygen atoms in total. The van der Waals surface area contributed by atoms with Crippen LogP contribution in [0, 0.1) is 10.1 Å². The van der Waals surface area contributed by atoms with Crippen LogP contribution in [0.5, 0.6) is 0 Å². The van der Waals surface area contributed by atoms with Gasteiger partial charge in [-0.15, -0.1) is 0 Å². The number of aromatic nitrogens is 2. The molecular formula is C12H11F3N4O2. The first kappa shape index (κ1) is 14.8. The van der Waals surface area contributed by atoms with Gasteiger partial charge < -0.3 is 4.90 Å². The molecule has 0 unspecified atom stereocenters. The van der Waals surface area contributed by atoms with Crippen molar-refractivity contribution >= 4 is 17.2 Å². The monoisotopic (exact) mass is 300 g/mol. The summed E-state index contributed by atoms with van der Waals surface area (Å²) in [5, 5.41) is 14.0. The van der Waals surface area contributed by atoms with Crippen LogP contribution in [0.1, 0.15) is 5.69 Å². The molecule has 0 spiro atoms. The molecule has 0 saturated heterocycles. The molecule has 0 atom stereocenters. The van der Waals surface area contributed by atoms with Crippen molar-refractivity contribution in [1.29, 1.82) is 0 Å². The zero-order chi connectivity index (χ0) is 15.8. The summed E-state index contributed by atoms with van der Waals surface area (Å²) in [6, 6.07) is 6.40. The highest BCUT2D eigenvalue weighted by Gasteiger charge is 2.35. The molecule has 0 aliphatic heterocycles. The van der Waals surface area contributed by atoms with Gasteiger partial charge in [-0.1, -0.05) is 0 Å². The maximum atomic E-state index is 12.6. The van der Waals surface area contributed by atoms with E-state index in [0.29, 0.717) is 5.69 Å².